The number of carbonyl (C=O) groups excluding carboxylic acids is 1. The third-order valence-corrected chi connectivity index (χ3v) is 2.87. The van der Waals surface area contributed by atoms with Crippen LogP contribution in [0.3, 0.4) is 0 Å². The van der Waals surface area contributed by atoms with E-state index >= 15 is 0 Å². The first-order chi connectivity index (χ1) is 10.5. The van der Waals surface area contributed by atoms with Gasteiger partial charge in [0.25, 0.3) is 0 Å². The number of hydrogen-bond donors (Lipinski definition) is 5. The summed E-state index contributed by atoms with van der Waals surface area (Å²) in [7, 11) is 0. The summed E-state index contributed by atoms with van der Waals surface area (Å²) in [6, 6.07) is 3.91. The van der Waals surface area contributed by atoms with Crippen molar-refractivity contribution in [1.82, 2.24) is 5.32 Å². The molecule has 0 heterocycles. The zero-order valence-electron chi connectivity index (χ0n) is 13.2. The molecular formula is C15H22N2O6. The summed E-state index contributed by atoms with van der Waals surface area (Å²) in [5.41, 5.74) is 4.90. The van der Waals surface area contributed by atoms with Crippen molar-refractivity contribution in [2.75, 3.05) is 12.3 Å². The van der Waals surface area contributed by atoms with Crippen LogP contribution in [0, 0.1) is 0 Å². The lowest BCUT2D eigenvalue weighted by molar-refractivity contribution is 0.0129. The standard InChI is InChI=1S/C15H22N2O6/c1-15(2,3)23-14(22)17-7-11(18)12(19)8-4-5-10(16)9(6-8)13(20)21/h4-6,11-12,18-19H,7,16H2,1-3H3,(H,17,22)(H,20,21). The average Bonchev–Trinajstić information content (AvgIpc) is 2.42. The van der Waals surface area contributed by atoms with Crippen molar-refractivity contribution in [1.29, 1.82) is 0 Å². The Kier molecular flexibility index (Phi) is 5.94. The number of aromatic carboxylic acids is 1. The highest BCUT2D eigenvalue weighted by atomic mass is 16.6. The third kappa shape index (κ3) is 5.76. The minimum atomic E-state index is -1.39. The van der Waals surface area contributed by atoms with E-state index in [0.717, 1.165) is 0 Å². The maximum absolute atomic E-state index is 11.5. The molecule has 0 bridgehead atoms. The normalized spacial score (nSPS) is 14.0. The van der Waals surface area contributed by atoms with Gasteiger partial charge in [0.05, 0.1) is 5.56 Å². The summed E-state index contributed by atoms with van der Waals surface area (Å²) in [6.45, 7) is 4.82. The van der Waals surface area contributed by atoms with Gasteiger partial charge in [0.15, 0.2) is 0 Å². The van der Waals surface area contributed by atoms with E-state index in [4.69, 9.17) is 15.6 Å². The van der Waals surface area contributed by atoms with Crippen LogP contribution in [0.2, 0.25) is 0 Å². The summed E-state index contributed by atoms with van der Waals surface area (Å²) in [6.07, 6.45) is -3.45. The van der Waals surface area contributed by atoms with Gasteiger partial charge in [-0.25, -0.2) is 9.59 Å². The second-order valence-electron chi connectivity index (χ2n) is 6.05. The monoisotopic (exact) mass is 326 g/mol. The van der Waals surface area contributed by atoms with E-state index in [1.807, 2.05) is 0 Å². The number of carbonyl (C=O) groups is 2. The van der Waals surface area contributed by atoms with E-state index in [0.29, 0.717) is 0 Å². The van der Waals surface area contributed by atoms with Crippen molar-refractivity contribution >= 4 is 17.7 Å². The molecule has 8 heteroatoms. The van der Waals surface area contributed by atoms with Crippen LogP contribution in [-0.2, 0) is 4.74 Å². The van der Waals surface area contributed by atoms with Crippen molar-refractivity contribution in [3.63, 3.8) is 0 Å². The molecule has 23 heavy (non-hydrogen) atoms. The summed E-state index contributed by atoms with van der Waals surface area (Å²) in [5, 5.41) is 31.3. The molecule has 0 aliphatic rings. The molecule has 1 aromatic carbocycles. The second-order valence-corrected chi connectivity index (χ2v) is 6.05. The number of amides is 1. The first kappa shape index (κ1) is 18.7. The number of nitrogen functional groups attached to an aromatic ring is 1. The minimum absolute atomic E-state index is 0.0508. The largest absolute Gasteiger partial charge is 0.478 e. The number of hydrogen-bond acceptors (Lipinski definition) is 6. The molecule has 0 aromatic heterocycles. The summed E-state index contributed by atoms with van der Waals surface area (Å²) in [4.78, 5) is 22.5. The van der Waals surface area contributed by atoms with E-state index in [2.05, 4.69) is 5.32 Å². The minimum Gasteiger partial charge on any atom is -0.478 e. The molecule has 1 rings (SSSR count). The zero-order chi connectivity index (χ0) is 17.8. The van der Waals surface area contributed by atoms with Gasteiger partial charge in [-0.3, -0.25) is 0 Å². The molecule has 1 aromatic rings. The number of aliphatic hydroxyl groups is 2. The molecule has 0 radical (unpaired) electrons. The number of alkyl carbamates (subject to hydrolysis) is 1. The molecule has 0 fully saturated rings. The number of nitrogens with two attached hydrogens (primary N) is 1. The van der Waals surface area contributed by atoms with E-state index < -0.39 is 29.9 Å². The molecule has 0 saturated carbocycles. The Bertz CT molecular complexity index is 582. The Labute approximate surface area is 133 Å². The lowest BCUT2D eigenvalue weighted by Crippen LogP contribution is -2.38. The fourth-order valence-electron chi connectivity index (χ4n) is 1.78. The SMILES string of the molecule is CC(C)(C)OC(=O)NCC(O)C(O)c1ccc(N)c(C(=O)O)c1. The Morgan fingerprint density at radius 3 is 2.43 bits per heavy atom. The van der Waals surface area contributed by atoms with Gasteiger partial charge in [-0.2, -0.15) is 0 Å². The molecule has 0 saturated heterocycles. The van der Waals surface area contributed by atoms with Crippen molar-refractivity contribution in [3.8, 4) is 0 Å². The quantitative estimate of drug-likeness (QED) is 0.506. The van der Waals surface area contributed by atoms with E-state index in [1.165, 1.54) is 18.2 Å². The number of carboxylic acids is 1. The number of ether oxygens (including phenoxy) is 1. The van der Waals surface area contributed by atoms with Gasteiger partial charge in [-0.1, -0.05) is 6.07 Å². The van der Waals surface area contributed by atoms with Gasteiger partial charge in [0.2, 0.25) is 0 Å². The van der Waals surface area contributed by atoms with Crippen LogP contribution < -0.4 is 11.1 Å². The van der Waals surface area contributed by atoms with Crippen LogP contribution in [0.1, 0.15) is 42.8 Å². The van der Waals surface area contributed by atoms with Crippen LogP contribution >= 0.6 is 0 Å². The maximum Gasteiger partial charge on any atom is 0.407 e. The van der Waals surface area contributed by atoms with Gasteiger partial charge in [0, 0.05) is 12.2 Å². The Hall–Kier alpha value is -2.32. The number of nitrogens with one attached hydrogen (secondary N) is 1. The average molecular weight is 326 g/mol. The lowest BCUT2D eigenvalue weighted by Gasteiger charge is -2.22. The fraction of sp³-hybridized carbons (Fsp3) is 0.467. The molecule has 8 nitrogen and oxygen atoms in total. The summed E-state index contributed by atoms with van der Waals surface area (Å²) < 4.78 is 5.00. The van der Waals surface area contributed by atoms with Gasteiger partial charge >= 0.3 is 12.1 Å². The molecule has 1 amide bonds. The molecule has 0 aliphatic heterocycles. The molecule has 2 unspecified atom stereocenters. The number of carboxylic acid groups (broad SMARTS) is 1. The van der Waals surface area contributed by atoms with Gasteiger partial charge in [-0.15, -0.1) is 0 Å². The van der Waals surface area contributed by atoms with Crippen LogP contribution in [-0.4, -0.2) is 45.6 Å². The molecular weight excluding hydrogens is 304 g/mol. The van der Waals surface area contributed by atoms with Gasteiger partial charge in [-0.05, 0) is 38.5 Å². The van der Waals surface area contributed by atoms with Crippen molar-refractivity contribution in [3.05, 3.63) is 29.3 Å². The number of aliphatic hydroxyl groups excluding tert-OH is 2. The van der Waals surface area contributed by atoms with E-state index in [9.17, 15) is 19.8 Å². The number of anilines is 1. The summed E-state index contributed by atoms with van der Waals surface area (Å²) in [5.74, 6) is -1.24. The highest BCUT2D eigenvalue weighted by Gasteiger charge is 2.22. The lowest BCUT2D eigenvalue weighted by atomic mass is 10.0. The Balaban J connectivity index is 2.70. The fourth-order valence-corrected chi connectivity index (χ4v) is 1.78. The predicted octanol–water partition coefficient (Wildman–Crippen LogP) is 0.886. The highest BCUT2D eigenvalue weighted by Crippen LogP contribution is 2.22. The summed E-state index contributed by atoms with van der Waals surface area (Å²) >= 11 is 0. The van der Waals surface area contributed by atoms with Crippen LogP contribution in [0.15, 0.2) is 18.2 Å². The van der Waals surface area contributed by atoms with E-state index in [1.54, 1.807) is 20.8 Å². The third-order valence-electron chi connectivity index (χ3n) is 2.87. The molecule has 0 spiro atoms. The topological polar surface area (TPSA) is 142 Å². The molecule has 0 aliphatic carbocycles. The number of rotatable bonds is 5. The Morgan fingerprint density at radius 2 is 1.91 bits per heavy atom. The van der Waals surface area contributed by atoms with Crippen molar-refractivity contribution in [2.24, 2.45) is 0 Å². The maximum atomic E-state index is 11.5. The zero-order valence-corrected chi connectivity index (χ0v) is 13.2. The smallest absolute Gasteiger partial charge is 0.407 e. The van der Waals surface area contributed by atoms with E-state index in [-0.39, 0.29) is 23.4 Å². The Morgan fingerprint density at radius 1 is 1.30 bits per heavy atom. The highest BCUT2D eigenvalue weighted by molar-refractivity contribution is 5.93. The number of benzene rings is 1. The first-order valence-corrected chi connectivity index (χ1v) is 6.97. The van der Waals surface area contributed by atoms with Crippen LogP contribution in [0.25, 0.3) is 0 Å². The van der Waals surface area contributed by atoms with Crippen LogP contribution in [0.4, 0.5) is 10.5 Å². The van der Waals surface area contributed by atoms with Crippen molar-refractivity contribution < 1.29 is 29.6 Å². The molecule has 2 atom stereocenters. The predicted molar refractivity (Wildman–Crippen MR) is 83.0 cm³/mol. The second kappa shape index (κ2) is 7.30. The molecule has 128 valence electrons. The van der Waals surface area contributed by atoms with Gasteiger partial charge < -0.3 is 31.1 Å². The van der Waals surface area contributed by atoms with Crippen LogP contribution in [0.5, 0.6) is 0 Å². The molecule has 6 N–H and O–H groups in total. The first-order valence-electron chi connectivity index (χ1n) is 6.97. The van der Waals surface area contributed by atoms with Crippen molar-refractivity contribution in [2.45, 2.75) is 38.6 Å². The van der Waals surface area contributed by atoms with Gasteiger partial charge in [0.1, 0.15) is 17.8 Å².